The molecule has 0 aliphatic heterocycles. The van der Waals surface area contributed by atoms with Gasteiger partial charge in [0, 0.05) is 11.8 Å². The number of halogens is 4. The van der Waals surface area contributed by atoms with Gasteiger partial charge in [-0.2, -0.15) is 0 Å². The largest absolute Gasteiger partial charge is 0.126 e. The van der Waals surface area contributed by atoms with Crippen molar-refractivity contribution in [3.05, 3.63) is 33.8 Å². The third kappa shape index (κ3) is 3.42. The van der Waals surface area contributed by atoms with Crippen LogP contribution in [0, 0.1) is 5.41 Å². The Morgan fingerprint density at radius 2 is 1.73 bits per heavy atom. The molecule has 1 rings (SSSR count). The Morgan fingerprint density at radius 3 is 2.27 bits per heavy atom. The summed E-state index contributed by atoms with van der Waals surface area (Å²) in [6.45, 7) is 2.03. The lowest BCUT2D eigenvalue weighted by Gasteiger charge is -2.24. The molecule has 0 bridgehead atoms. The summed E-state index contributed by atoms with van der Waals surface area (Å²) >= 11 is 23.8. The average Bonchev–Trinajstić information content (AvgIpc) is 2.25. The van der Waals surface area contributed by atoms with Gasteiger partial charge in [-0.1, -0.05) is 42.3 Å². The van der Waals surface area contributed by atoms with Crippen LogP contribution in [-0.2, 0) is 6.42 Å². The van der Waals surface area contributed by atoms with Gasteiger partial charge in [0.05, 0.1) is 10.0 Å². The summed E-state index contributed by atoms with van der Waals surface area (Å²) in [6, 6.07) is 5.60. The van der Waals surface area contributed by atoms with Gasteiger partial charge in [0.2, 0.25) is 0 Å². The minimum atomic E-state index is -0.141. The van der Waals surface area contributed by atoms with Crippen molar-refractivity contribution in [3.63, 3.8) is 0 Å². The van der Waals surface area contributed by atoms with Gasteiger partial charge < -0.3 is 0 Å². The Kier molecular flexibility index (Phi) is 5.05. The van der Waals surface area contributed by atoms with Crippen molar-refractivity contribution in [3.8, 4) is 0 Å². The molecule has 4 heteroatoms. The van der Waals surface area contributed by atoms with E-state index in [1.807, 2.05) is 19.1 Å². The van der Waals surface area contributed by atoms with E-state index in [0.29, 0.717) is 21.8 Å². The predicted molar refractivity (Wildman–Crippen MR) is 69.7 cm³/mol. The van der Waals surface area contributed by atoms with Crippen LogP contribution in [0.5, 0.6) is 0 Å². The summed E-state index contributed by atoms with van der Waals surface area (Å²) in [5, 5.41) is 1.17. The molecule has 0 unspecified atom stereocenters. The molecular formula is C11H12Cl4. The van der Waals surface area contributed by atoms with Gasteiger partial charge >= 0.3 is 0 Å². The van der Waals surface area contributed by atoms with E-state index >= 15 is 0 Å². The second-order valence-electron chi connectivity index (χ2n) is 3.97. The molecule has 0 fully saturated rings. The molecule has 0 nitrogen and oxygen atoms in total. The highest BCUT2D eigenvalue weighted by atomic mass is 35.5. The molecule has 0 aliphatic carbocycles. The molecule has 0 atom stereocenters. The summed E-state index contributed by atoms with van der Waals surface area (Å²) in [5.41, 5.74) is 0.852. The van der Waals surface area contributed by atoms with Crippen LogP contribution in [0.2, 0.25) is 10.0 Å². The molecule has 1 aromatic rings. The van der Waals surface area contributed by atoms with E-state index in [1.165, 1.54) is 0 Å². The first kappa shape index (κ1) is 13.4. The lowest BCUT2D eigenvalue weighted by Crippen LogP contribution is -2.23. The first-order valence-electron chi connectivity index (χ1n) is 4.57. The Hall–Kier alpha value is 0.380. The van der Waals surface area contributed by atoms with Crippen molar-refractivity contribution in [1.29, 1.82) is 0 Å². The van der Waals surface area contributed by atoms with Crippen LogP contribution in [0.3, 0.4) is 0 Å². The van der Waals surface area contributed by atoms with Crippen molar-refractivity contribution < 1.29 is 0 Å². The quantitative estimate of drug-likeness (QED) is 0.682. The standard InChI is InChI=1S/C11H12Cl4/c1-11(6-12,7-13)5-8-3-2-4-9(14)10(8)15/h2-4H,5-7H2,1H3. The molecule has 15 heavy (non-hydrogen) atoms. The zero-order valence-corrected chi connectivity index (χ0v) is 11.4. The van der Waals surface area contributed by atoms with Crippen LogP contribution in [0.4, 0.5) is 0 Å². The second kappa shape index (κ2) is 5.63. The number of benzene rings is 1. The third-order valence-corrected chi connectivity index (χ3v) is 4.44. The van der Waals surface area contributed by atoms with E-state index in [-0.39, 0.29) is 5.41 Å². The highest BCUT2D eigenvalue weighted by molar-refractivity contribution is 6.42. The molecule has 0 heterocycles. The predicted octanol–water partition coefficient (Wildman–Crippen LogP) is 5.02. The number of hydrogen-bond acceptors (Lipinski definition) is 0. The van der Waals surface area contributed by atoms with Crippen molar-refractivity contribution in [2.75, 3.05) is 11.8 Å². The van der Waals surface area contributed by atoms with E-state index in [0.717, 1.165) is 12.0 Å². The average molecular weight is 286 g/mol. The summed E-state index contributed by atoms with van der Waals surface area (Å²) in [6.07, 6.45) is 0.736. The van der Waals surface area contributed by atoms with Crippen molar-refractivity contribution in [1.82, 2.24) is 0 Å². The maximum absolute atomic E-state index is 6.10. The molecule has 0 saturated heterocycles. The smallest absolute Gasteiger partial charge is 0.0624 e. The molecule has 0 aliphatic rings. The maximum atomic E-state index is 6.10. The monoisotopic (exact) mass is 284 g/mol. The lowest BCUT2D eigenvalue weighted by molar-refractivity contribution is 0.425. The van der Waals surface area contributed by atoms with Gasteiger partial charge in [-0.3, -0.25) is 0 Å². The van der Waals surface area contributed by atoms with E-state index in [9.17, 15) is 0 Å². The SMILES string of the molecule is CC(CCl)(CCl)Cc1cccc(Cl)c1Cl. The minimum absolute atomic E-state index is 0.141. The molecule has 0 radical (unpaired) electrons. The number of alkyl halides is 2. The zero-order chi connectivity index (χ0) is 11.5. The maximum Gasteiger partial charge on any atom is 0.0624 e. The molecular weight excluding hydrogens is 274 g/mol. The fourth-order valence-corrected chi connectivity index (χ4v) is 2.14. The molecule has 1 aromatic carbocycles. The lowest BCUT2D eigenvalue weighted by atomic mass is 9.87. The number of hydrogen-bond donors (Lipinski definition) is 0. The summed E-state index contributed by atoms with van der Waals surface area (Å²) in [7, 11) is 0. The van der Waals surface area contributed by atoms with Crippen molar-refractivity contribution in [2.45, 2.75) is 13.3 Å². The molecule has 0 aromatic heterocycles. The number of rotatable bonds is 4. The fraction of sp³-hybridized carbons (Fsp3) is 0.455. The molecule has 84 valence electrons. The molecule has 0 spiro atoms. The first-order chi connectivity index (χ1) is 7.02. The normalized spacial score (nSPS) is 11.8. The van der Waals surface area contributed by atoms with E-state index < -0.39 is 0 Å². The summed E-state index contributed by atoms with van der Waals surface area (Å²) in [4.78, 5) is 0. The first-order valence-corrected chi connectivity index (χ1v) is 6.40. The Labute approximate surface area is 110 Å². The van der Waals surface area contributed by atoms with Crippen molar-refractivity contribution >= 4 is 46.4 Å². The van der Waals surface area contributed by atoms with Crippen molar-refractivity contribution in [2.24, 2.45) is 5.41 Å². The van der Waals surface area contributed by atoms with Crippen LogP contribution in [0.15, 0.2) is 18.2 Å². The highest BCUT2D eigenvalue weighted by Crippen LogP contribution is 2.32. The molecule has 0 N–H and O–H groups in total. The zero-order valence-electron chi connectivity index (χ0n) is 8.37. The van der Waals surface area contributed by atoms with Crippen LogP contribution < -0.4 is 0 Å². The topological polar surface area (TPSA) is 0 Å². The third-order valence-electron chi connectivity index (χ3n) is 2.29. The van der Waals surface area contributed by atoms with E-state index in [1.54, 1.807) is 6.07 Å². The summed E-state index contributed by atoms with van der Waals surface area (Å²) in [5.74, 6) is 0.999. The van der Waals surface area contributed by atoms with E-state index in [2.05, 4.69) is 0 Å². The fourth-order valence-electron chi connectivity index (χ4n) is 1.27. The van der Waals surface area contributed by atoms with Crippen LogP contribution in [0.25, 0.3) is 0 Å². The summed E-state index contributed by atoms with van der Waals surface area (Å²) < 4.78 is 0. The Morgan fingerprint density at radius 1 is 1.13 bits per heavy atom. The Bertz CT molecular complexity index is 331. The van der Waals surface area contributed by atoms with Gasteiger partial charge in [0.1, 0.15) is 0 Å². The minimum Gasteiger partial charge on any atom is -0.126 e. The van der Waals surface area contributed by atoms with Gasteiger partial charge in [-0.05, 0) is 23.5 Å². The molecule has 0 amide bonds. The van der Waals surface area contributed by atoms with Gasteiger partial charge in [-0.15, -0.1) is 23.2 Å². The van der Waals surface area contributed by atoms with Crippen LogP contribution in [0.1, 0.15) is 12.5 Å². The second-order valence-corrected chi connectivity index (χ2v) is 5.29. The van der Waals surface area contributed by atoms with E-state index in [4.69, 9.17) is 46.4 Å². The van der Waals surface area contributed by atoms with Crippen LogP contribution in [-0.4, -0.2) is 11.8 Å². The molecule has 0 saturated carbocycles. The van der Waals surface area contributed by atoms with Gasteiger partial charge in [0.25, 0.3) is 0 Å². The van der Waals surface area contributed by atoms with Gasteiger partial charge in [0.15, 0.2) is 0 Å². The van der Waals surface area contributed by atoms with Crippen LogP contribution >= 0.6 is 46.4 Å². The highest BCUT2D eigenvalue weighted by Gasteiger charge is 2.24. The Balaban J connectivity index is 2.94. The van der Waals surface area contributed by atoms with Gasteiger partial charge in [-0.25, -0.2) is 0 Å².